The van der Waals surface area contributed by atoms with E-state index in [2.05, 4.69) is 21.2 Å². The molecule has 110 valence electrons. The highest BCUT2D eigenvalue weighted by molar-refractivity contribution is 9.10. The number of ether oxygens (including phenoxy) is 1. The summed E-state index contributed by atoms with van der Waals surface area (Å²) in [6, 6.07) is 4.02. The lowest BCUT2D eigenvalue weighted by Crippen LogP contribution is -2.25. The molecule has 0 heterocycles. The topological polar surface area (TPSA) is 102 Å². The van der Waals surface area contributed by atoms with Crippen LogP contribution >= 0.6 is 15.9 Å². The van der Waals surface area contributed by atoms with Crippen molar-refractivity contribution < 1.29 is 19.6 Å². The van der Waals surface area contributed by atoms with Crippen LogP contribution in [0.4, 0.5) is 5.69 Å². The summed E-state index contributed by atoms with van der Waals surface area (Å²) in [4.78, 5) is 22.0. The van der Waals surface area contributed by atoms with Crippen LogP contribution in [0.15, 0.2) is 22.7 Å². The summed E-state index contributed by atoms with van der Waals surface area (Å²) < 4.78 is 5.54. The van der Waals surface area contributed by atoms with Crippen LogP contribution in [0.3, 0.4) is 0 Å². The highest BCUT2D eigenvalue weighted by Crippen LogP contribution is 2.22. The summed E-state index contributed by atoms with van der Waals surface area (Å²) in [5.41, 5.74) is 0.0834. The van der Waals surface area contributed by atoms with Crippen LogP contribution in [0, 0.1) is 10.1 Å². The number of nitrogens with zero attached hydrogens (tertiary/aromatic N) is 1. The van der Waals surface area contributed by atoms with E-state index in [4.69, 9.17) is 9.84 Å². The lowest BCUT2D eigenvalue weighted by atomic mass is 10.2. The van der Waals surface area contributed by atoms with Crippen LogP contribution in [0.1, 0.15) is 16.8 Å². The van der Waals surface area contributed by atoms with Crippen LogP contribution in [0.5, 0.6) is 0 Å². The molecule has 0 bridgehead atoms. The molecule has 0 saturated heterocycles. The van der Waals surface area contributed by atoms with Crippen molar-refractivity contribution >= 4 is 27.5 Å². The molecular formula is C12H15BrN2O5. The average Bonchev–Trinajstić information content (AvgIpc) is 2.42. The van der Waals surface area contributed by atoms with Gasteiger partial charge in [-0.3, -0.25) is 14.9 Å². The second-order valence-electron chi connectivity index (χ2n) is 3.87. The second-order valence-corrected chi connectivity index (χ2v) is 4.72. The van der Waals surface area contributed by atoms with E-state index in [1.807, 2.05) is 0 Å². The maximum absolute atomic E-state index is 11.9. The molecule has 1 rings (SSSR count). The molecule has 1 amide bonds. The summed E-state index contributed by atoms with van der Waals surface area (Å²) in [6.45, 7) is 1.05. The number of hydrogen-bond acceptors (Lipinski definition) is 5. The van der Waals surface area contributed by atoms with Crippen LogP contribution in [0.2, 0.25) is 0 Å². The number of nitro benzene ring substituents is 1. The Morgan fingerprint density at radius 2 is 2.20 bits per heavy atom. The molecular weight excluding hydrogens is 332 g/mol. The Labute approximate surface area is 124 Å². The fourth-order valence-corrected chi connectivity index (χ4v) is 1.87. The summed E-state index contributed by atoms with van der Waals surface area (Å²) in [6.07, 6.45) is 0.596. The quantitative estimate of drug-likeness (QED) is 0.421. The lowest BCUT2D eigenvalue weighted by molar-refractivity contribution is -0.384. The summed E-state index contributed by atoms with van der Waals surface area (Å²) >= 11 is 3.19. The molecule has 1 aromatic carbocycles. The number of halogens is 1. The van der Waals surface area contributed by atoms with Gasteiger partial charge in [0.05, 0.1) is 23.7 Å². The molecule has 20 heavy (non-hydrogen) atoms. The van der Waals surface area contributed by atoms with E-state index in [0.29, 0.717) is 24.0 Å². The fourth-order valence-electron chi connectivity index (χ4n) is 1.44. The molecule has 7 nitrogen and oxygen atoms in total. The van der Waals surface area contributed by atoms with Crippen LogP contribution in [0.25, 0.3) is 0 Å². The van der Waals surface area contributed by atoms with Crippen LogP contribution in [-0.2, 0) is 4.74 Å². The predicted molar refractivity (Wildman–Crippen MR) is 75.7 cm³/mol. The van der Waals surface area contributed by atoms with Gasteiger partial charge in [0.25, 0.3) is 11.6 Å². The molecule has 0 fully saturated rings. The van der Waals surface area contributed by atoms with Gasteiger partial charge in [0.1, 0.15) is 0 Å². The third-order valence-corrected chi connectivity index (χ3v) is 3.08. The lowest BCUT2D eigenvalue weighted by Gasteiger charge is -2.07. The minimum atomic E-state index is -0.550. The van der Waals surface area contributed by atoms with Gasteiger partial charge in [0.15, 0.2) is 0 Å². The first kappa shape index (κ1) is 16.5. The van der Waals surface area contributed by atoms with Crippen molar-refractivity contribution in [3.63, 3.8) is 0 Å². The zero-order valence-electron chi connectivity index (χ0n) is 10.7. The zero-order valence-corrected chi connectivity index (χ0v) is 12.3. The molecule has 2 N–H and O–H groups in total. The van der Waals surface area contributed by atoms with Gasteiger partial charge in [-0.15, -0.1) is 0 Å². The van der Waals surface area contributed by atoms with E-state index in [-0.39, 0.29) is 30.4 Å². The first-order valence-electron chi connectivity index (χ1n) is 5.97. The van der Waals surface area contributed by atoms with Crippen LogP contribution in [-0.4, -0.2) is 42.3 Å². The molecule has 0 atom stereocenters. The standard InChI is InChI=1S/C12H15BrN2O5/c13-11-3-2-9(15(18)19)8-10(11)12(17)14-4-1-6-20-7-5-16/h2-3,8,16H,1,4-7H2,(H,14,17). The number of aliphatic hydroxyl groups excluding tert-OH is 1. The van der Waals surface area contributed by atoms with E-state index in [1.165, 1.54) is 18.2 Å². The van der Waals surface area contributed by atoms with Crippen molar-refractivity contribution in [1.82, 2.24) is 5.32 Å². The number of non-ortho nitro benzene ring substituents is 1. The number of carbonyl (C=O) groups excluding carboxylic acids is 1. The molecule has 0 aliphatic carbocycles. The predicted octanol–water partition coefficient (Wildman–Crippen LogP) is 1.49. The molecule has 0 aliphatic rings. The van der Waals surface area contributed by atoms with E-state index >= 15 is 0 Å². The first-order chi connectivity index (χ1) is 9.56. The van der Waals surface area contributed by atoms with Gasteiger partial charge >= 0.3 is 0 Å². The largest absolute Gasteiger partial charge is 0.394 e. The number of amides is 1. The number of benzene rings is 1. The van der Waals surface area contributed by atoms with Gasteiger partial charge in [-0.1, -0.05) is 0 Å². The van der Waals surface area contributed by atoms with Gasteiger partial charge in [-0.2, -0.15) is 0 Å². The molecule has 0 unspecified atom stereocenters. The first-order valence-corrected chi connectivity index (χ1v) is 6.76. The normalized spacial score (nSPS) is 10.3. The number of aliphatic hydroxyl groups is 1. The van der Waals surface area contributed by atoms with Crippen LogP contribution < -0.4 is 5.32 Å². The Balaban J connectivity index is 2.50. The monoisotopic (exact) mass is 346 g/mol. The minimum absolute atomic E-state index is 0.0347. The summed E-state index contributed by atoms with van der Waals surface area (Å²) in [5, 5.41) is 21.8. The highest BCUT2D eigenvalue weighted by Gasteiger charge is 2.14. The Kier molecular flexibility index (Phi) is 7.13. The number of hydrogen-bond donors (Lipinski definition) is 2. The zero-order chi connectivity index (χ0) is 15.0. The van der Waals surface area contributed by atoms with Crippen molar-refractivity contribution in [2.45, 2.75) is 6.42 Å². The number of nitro groups is 1. The Hall–Kier alpha value is -1.51. The van der Waals surface area contributed by atoms with E-state index in [0.717, 1.165) is 0 Å². The molecule has 0 aromatic heterocycles. The van der Waals surface area contributed by atoms with Gasteiger partial charge in [0.2, 0.25) is 0 Å². The molecule has 8 heteroatoms. The third kappa shape index (κ3) is 5.24. The van der Waals surface area contributed by atoms with Gasteiger partial charge in [-0.25, -0.2) is 0 Å². The van der Waals surface area contributed by atoms with Gasteiger partial charge in [0, 0.05) is 29.8 Å². The Morgan fingerprint density at radius 3 is 2.85 bits per heavy atom. The fraction of sp³-hybridized carbons (Fsp3) is 0.417. The smallest absolute Gasteiger partial charge is 0.270 e. The maximum Gasteiger partial charge on any atom is 0.270 e. The summed E-state index contributed by atoms with van der Waals surface area (Å²) in [7, 11) is 0. The summed E-state index contributed by atoms with van der Waals surface area (Å²) in [5.74, 6) is -0.386. The van der Waals surface area contributed by atoms with Crippen molar-refractivity contribution in [3.8, 4) is 0 Å². The van der Waals surface area contributed by atoms with Crippen molar-refractivity contribution in [1.29, 1.82) is 0 Å². The van der Waals surface area contributed by atoms with Crippen molar-refractivity contribution in [2.24, 2.45) is 0 Å². The number of nitrogens with one attached hydrogen (secondary N) is 1. The molecule has 0 radical (unpaired) electrons. The third-order valence-electron chi connectivity index (χ3n) is 2.39. The molecule has 0 spiro atoms. The number of carbonyl (C=O) groups is 1. The van der Waals surface area contributed by atoms with Crippen molar-refractivity contribution in [2.75, 3.05) is 26.4 Å². The van der Waals surface area contributed by atoms with Gasteiger partial charge < -0.3 is 15.2 Å². The van der Waals surface area contributed by atoms with E-state index in [9.17, 15) is 14.9 Å². The highest BCUT2D eigenvalue weighted by atomic mass is 79.9. The van der Waals surface area contributed by atoms with Gasteiger partial charge in [-0.05, 0) is 28.4 Å². The second kappa shape index (κ2) is 8.62. The number of rotatable bonds is 8. The molecule has 1 aromatic rings. The SMILES string of the molecule is O=C(NCCCOCCO)c1cc([N+](=O)[O-])ccc1Br. The molecule has 0 saturated carbocycles. The maximum atomic E-state index is 11.9. The van der Waals surface area contributed by atoms with E-state index < -0.39 is 4.92 Å². The molecule has 0 aliphatic heterocycles. The Bertz CT molecular complexity index is 481. The average molecular weight is 347 g/mol. The van der Waals surface area contributed by atoms with E-state index in [1.54, 1.807) is 0 Å². The Morgan fingerprint density at radius 1 is 1.45 bits per heavy atom. The van der Waals surface area contributed by atoms with Crippen molar-refractivity contribution in [3.05, 3.63) is 38.3 Å². The minimum Gasteiger partial charge on any atom is -0.394 e.